The van der Waals surface area contributed by atoms with Crippen LogP contribution in [-0.4, -0.2) is 28.2 Å². The molecule has 0 amide bonds. The van der Waals surface area contributed by atoms with Crippen LogP contribution in [0.1, 0.15) is 45.5 Å². The normalized spacial score (nSPS) is 13.4. The molecule has 108 valence electrons. The van der Waals surface area contributed by atoms with Crippen LogP contribution in [0.3, 0.4) is 0 Å². The number of aliphatic hydroxyl groups is 1. The van der Waals surface area contributed by atoms with E-state index >= 15 is 0 Å². The fourth-order valence-electron chi connectivity index (χ4n) is 1.63. The molecule has 0 saturated carbocycles. The topological polar surface area (TPSA) is 84.1 Å². The van der Waals surface area contributed by atoms with Crippen LogP contribution in [0, 0.1) is 12.8 Å². The summed E-state index contributed by atoms with van der Waals surface area (Å²) in [5.41, 5.74) is 6.70. The Morgan fingerprint density at radius 3 is 2.47 bits per heavy atom. The van der Waals surface area contributed by atoms with Gasteiger partial charge in [0, 0.05) is 24.1 Å². The number of nitrogens with zero attached hydrogens (tertiary/aromatic N) is 2. The molecule has 1 aromatic rings. The van der Waals surface area contributed by atoms with Crippen LogP contribution in [0.5, 0.6) is 0 Å². The molecule has 4 N–H and O–H groups in total. The Labute approximate surface area is 115 Å². The van der Waals surface area contributed by atoms with Crippen molar-refractivity contribution in [1.29, 1.82) is 0 Å². The average molecular weight is 266 g/mol. The van der Waals surface area contributed by atoms with Crippen molar-refractivity contribution in [3.05, 3.63) is 11.4 Å². The lowest BCUT2D eigenvalue weighted by Crippen LogP contribution is -2.21. The minimum atomic E-state index is -0.130. The van der Waals surface area contributed by atoms with E-state index < -0.39 is 0 Å². The van der Waals surface area contributed by atoms with Gasteiger partial charge in [-0.15, -0.1) is 0 Å². The van der Waals surface area contributed by atoms with Gasteiger partial charge >= 0.3 is 0 Å². The highest BCUT2D eigenvalue weighted by Crippen LogP contribution is 2.24. The summed E-state index contributed by atoms with van der Waals surface area (Å²) < 4.78 is 0. The summed E-state index contributed by atoms with van der Waals surface area (Å²) in [7, 11) is 0. The molecule has 0 fully saturated rings. The molecule has 1 unspecified atom stereocenters. The molecule has 0 aromatic carbocycles. The van der Waals surface area contributed by atoms with Crippen LogP contribution < -0.4 is 11.1 Å². The summed E-state index contributed by atoms with van der Waals surface area (Å²) in [6.45, 7) is 11.2. The van der Waals surface area contributed by atoms with Gasteiger partial charge in [0.05, 0.1) is 0 Å². The summed E-state index contributed by atoms with van der Waals surface area (Å²) in [5, 5.41) is 12.2. The molecule has 1 aromatic heterocycles. The fraction of sp³-hybridized carbons (Fsp3) is 0.714. The Bertz CT molecular complexity index is 426. The second-order valence-corrected chi connectivity index (χ2v) is 6.15. The van der Waals surface area contributed by atoms with Gasteiger partial charge in [0.2, 0.25) is 0 Å². The largest absolute Gasteiger partial charge is 0.396 e. The molecule has 0 spiro atoms. The van der Waals surface area contributed by atoms with E-state index in [4.69, 9.17) is 10.8 Å². The highest BCUT2D eigenvalue weighted by atomic mass is 16.3. The lowest BCUT2D eigenvalue weighted by molar-refractivity contribution is 0.266. The Hall–Kier alpha value is -1.36. The zero-order chi connectivity index (χ0) is 14.6. The molecule has 0 bridgehead atoms. The number of nitrogen functional groups attached to an aromatic ring is 1. The third kappa shape index (κ3) is 4.35. The lowest BCUT2D eigenvalue weighted by Gasteiger charge is -2.20. The maximum absolute atomic E-state index is 8.91. The van der Waals surface area contributed by atoms with Crippen LogP contribution in [0.15, 0.2) is 0 Å². The Balaban J connectivity index is 2.91. The van der Waals surface area contributed by atoms with Gasteiger partial charge in [0.1, 0.15) is 17.5 Å². The Morgan fingerprint density at radius 1 is 1.32 bits per heavy atom. The first-order valence-corrected chi connectivity index (χ1v) is 6.75. The second kappa shape index (κ2) is 6.19. The molecule has 1 rings (SSSR count). The molecule has 0 saturated heterocycles. The second-order valence-electron chi connectivity index (χ2n) is 6.15. The standard InChI is InChI=1S/C14H26N4O/c1-9(6-7-19)8-16-12-10(2)11(15)17-13(18-12)14(3,4)5/h9,19H,6-8H2,1-5H3,(H3,15,16,17,18). The first kappa shape index (κ1) is 15.7. The molecular weight excluding hydrogens is 240 g/mol. The van der Waals surface area contributed by atoms with Crippen molar-refractivity contribution in [3.63, 3.8) is 0 Å². The maximum Gasteiger partial charge on any atom is 0.138 e. The summed E-state index contributed by atoms with van der Waals surface area (Å²) in [6, 6.07) is 0. The molecule has 5 nitrogen and oxygen atoms in total. The number of aromatic nitrogens is 2. The molecule has 0 aliphatic carbocycles. The van der Waals surface area contributed by atoms with Crippen molar-refractivity contribution in [2.45, 2.75) is 46.5 Å². The van der Waals surface area contributed by atoms with Crippen molar-refractivity contribution >= 4 is 11.6 Å². The molecule has 0 radical (unpaired) electrons. The first-order chi connectivity index (χ1) is 8.75. The number of rotatable bonds is 5. The molecule has 0 aliphatic rings. The summed E-state index contributed by atoms with van der Waals surface area (Å²) in [5.74, 6) is 2.45. The van der Waals surface area contributed by atoms with Gasteiger partial charge in [0.25, 0.3) is 0 Å². The van der Waals surface area contributed by atoms with E-state index in [1.165, 1.54) is 0 Å². The van der Waals surface area contributed by atoms with Gasteiger partial charge in [-0.05, 0) is 19.3 Å². The fourth-order valence-corrected chi connectivity index (χ4v) is 1.63. The van der Waals surface area contributed by atoms with E-state index in [0.717, 1.165) is 30.2 Å². The third-order valence-corrected chi connectivity index (χ3v) is 3.09. The van der Waals surface area contributed by atoms with Gasteiger partial charge in [-0.3, -0.25) is 0 Å². The smallest absolute Gasteiger partial charge is 0.138 e. The monoisotopic (exact) mass is 266 g/mol. The number of hydrogen-bond donors (Lipinski definition) is 3. The minimum absolute atomic E-state index is 0.130. The van der Waals surface area contributed by atoms with E-state index in [1.54, 1.807) is 0 Å². The van der Waals surface area contributed by atoms with E-state index in [-0.39, 0.29) is 12.0 Å². The predicted molar refractivity (Wildman–Crippen MR) is 79.2 cm³/mol. The number of nitrogens with one attached hydrogen (secondary N) is 1. The average Bonchev–Trinajstić information content (AvgIpc) is 2.30. The zero-order valence-corrected chi connectivity index (χ0v) is 12.6. The molecule has 0 aliphatic heterocycles. The van der Waals surface area contributed by atoms with Crippen molar-refractivity contribution in [2.75, 3.05) is 24.2 Å². The summed E-state index contributed by atoms with van der Waals surface area (Å²) >= 11 is 0. The quantitative estimate of drug-likeness (QED) is 0.760. The van der Waals surface area contributed by atoms with Gasteiger partial charge in [-0.1, -0.05) is 27.7 Å². The summed E-state index contributed by atoms with van der Waals surface area (Å²) in [6.07, 6.45) is 0.777. The van der Waals surface area contributed by atoms with Gasteiger partial charge in [-0.2, -0.15) is 0 Å². The first-order valence-electron chi connectivity index (χ1n) is 6.75. The molecule has 19 heavy (non-hydrogen) atoms. The van der Waals surface area contributed by atoms with Crippen molar-refractivity contribution in [2.24, 2.45) is 5.92 Å². The van der Waals surface area contributed by atoms with Gasteiger partial charge in [0.15, 0.2) is 0 Å². The highest BCUT2D eigenvalue weighted by molar-refractivity contribution is 5.55. The van der Waals surface area contributed by atoms with Crippen LogP contribution in [0.2, 0.25) is 0 Å². The van der Waals surface area contributed by atoms with Crippen LogP contribution in [-0.2, 0) is 5.41 Å². The van der Waals surface area contributed by atoms with Crippen LogP contribution >= 0.6 is 0 Å². The van der Waals surface area contributed by atoms with E-state index in [0.29, 0.717) is 11.7 Å². The third-order valence-electron chi connectivity index (χ3n) is 3.09. The van der Waals surface area contributed by atoms with E-state index in [9.17, 15) is 0 Å². The van der Waals surface area contributed by atoms with Crippen molar-refractivity contribution in [1.82, 2.24) is 9.97 Å². The number of aliphatic hydroxyl groups excluding tert-OH is 1. The zero-order valence-electron chi connectivity index (χ0n) is 12.6. The summed E-state index contributed by atoms with van der Waals surface area (Å²) in [4.78, 5) is 8.93. The van der Waals surface area contributed by atoms with Gasteiger partial charge in [-0.25, -0.2) is 9.97 Å². The van der Waals surface area contributed by atoms with E-state index in [2.05, 4.69) is 43.0 Å². The lowest BCUT2D eigenvalue weighted by atomic mass is 9.95. The molecule has 5 heteroatoms. The van der Waals surface area contributed by atoms with Gasteiger partial charge < -0.3 is 16.2 Å². The maximum atomic E-state index is 8.91. The highest BCUT2D eigenvalue weighted by Gasteiger charge is 2.20. The van der Waals surface area contributed by atoms with Crippen molar-refractivity contribution in [3.8, 4) is 0 Å². The minimum Gasteiger partial charge on any atom is -0.396 e. The number of nitrogens with two attached hydrogens (primary N) is 1. The SMILES string of the molecule is Cc1c(N)nc(C(C)(C)C)nc1NCC(C)CCO. The number of anilines is 2. The Kier molecular flexibility index (Phi) is 5.11. The molecular formula is C14H26N4O. The van der Waals surface area contributed by atoms with Crippen molar-refractivity contribution < 1.29 is 5.11 Å². The van der Waals surface area contributed by atoms with Crippen LogP contribution in [0.4, 0.5) is 11.6 Å². The molecule has 1 atom stereocenters. The molecule has 1 heterocycles. The van der Waals surface area contributed by atoms with Crippen LogP contribution in [0.25, 0.3) is 0 Å². The number of hydrogen-bond acceptors (Lipinski definition) is 5. The predicted octanol–water partition coefficient (Wildman–Crippen LogP) is 2.10. The van der Waals surface area contributed by atoms with E-state index in [1.807, 2.05) is 6.92 Å². The Morgan fingerprint density at radius 2 is 1.95 bits per heavy atom.